The summed E-state index contributed by atoms with van der Waals surface area (Å²) in [6.07, 6.45) is 3.56. The number of aromatic nitrogens is 2. The molecule has 134 valence electrons. The van der Waals surface area contributed by atoms with Crippen molar-refractivity contribution in [2.75, 3.05) is 10.6 Å². The summed E-state index contributed by atoms with van der Waals surface area (Å²) in [5.41, 5.74) is 4.94. The zero-order valence-corrected chi connectivity index (χ0v) is 16.7. The van der Waals surface area contributed by atoms with Gasteiger partial charge >= 0.3 is 0 Å². The summed E-state index contributed by atoms with van der Waals surface area (Å²) >= 11 is 17.8. The van der Waals surface area contributed by atoms with Gasteiger partial charge in [0.05, 0.1) is 18.4 Å². The van der Waals surface area contributed by atoms with Crippen molar-refractivity contribution in [1.82, 2.24) is 9.78 Å². The zero-order chi connectivity index (χ0) is 18.7. The van der Waals surface area contributed by atoms with Crippen molar-refractivity contribution >= 4 is 51.9 Å². The first-order chi connectivity index (χ1) is 12.4. The number of thiocarbonyl (C=S) groups is 1. The number of nitrogens with zero attached hydrogens (tertiary/aromatic N) is 2. The summed E-state index contributed by atoms with van der Waals surface area (Å²) < 4.78 is 1.76. The van der Waals surface area contributed by atoms with Gasteiger partial charge in [-0.25, -0.2) is 0 Å². The first-order valence-corrected chi connectivity index (χ1v) is 9.19. The molecule has 3 rings (SSSR count). The number of benzene rings is 2. The van der Waals surface area contributed by atoms with Gasteiger partial charge < -0.3 is 10.6 Å². The van der Waals surface area contributed by atoms with Crippen molar-refractivity contribution in [1.29, 1.82) is 0 Å². The first-order valence-electron chi connectivity index (χ1n) is 8.02. The molecular weight excluding hydrogens is 387 g/mol. The van der Waals surface area contributed by atoms with Crippen molar-refractivity contribution < 1.29 is 0 Å². The lowest BCUT2D eigenvalue weighted by molar-refractivity contribution is 0.687. The van der Waals surface area contributed by atoms with Crippen LogP contribution in [0, 0.1) is 13.8 Å². The van der Waals surface area contributed by atoms with Gasteiger partial charge in [0.15, 0.2) is 5.11 Å². The van der Waals surface area contributed by atoms with Crippen molar-refractivity contribution in [3.63, 3.8) is 0 Å². The first kappa shape index (κ1) is 18.7. The maximum Gasteiger partial charge on any atom is 0.175 e. The molecule has 0 aliphatic carbocycles. The fraction of sp³-hybridized carbons (Fsp3) is 0.158. The van der Waals surface area contributed by atoms with Crippen molar-refractivity contribution in [2.45, 2.75) is 20.4 Å². The van der Waals surface area contributed by atoms with Gasteiger partial charge in [-0.1, -0.05) is 35.3 Å². The number of hydrogen-bond acceptors (Lipinski definition) is 2. The topological polar surface area (TPSA) is 41.9 Å². The molecule has 0 aliphatic heterocycles. The second-order valence-electron chi connectivity index (χ2n) is 6.08. The molecule has 2 aromatic carbocycles. The van der Waals surface area contributed by atoms with Gasteiger partial charge in [0, 0.05) is 27.5 Å². The maximum absolute atomic E-state index is 6.21. The van der Waals surface area contributed by atoms with Gasteiger partial charge in [-0.05, 0) is 61.5 Å². The Hall–Kier alpha value is -2.08. The Bertz CT molecular complexity index is 912. The number of rotatable bonds is 4. The van der Waals surface area contributed by atoms with Crippen molar-refractivity contribution in [3.8, 4) is 0 Å². The molecule has 1 heterocycles. The molecule has 7 heteroatoms. The summed E-state index contributed by atoms with van der Waals surface area (Å²) in [4.78, 5) is 0. The number of aryl methyl sites for hydroxylation is 2. The van der Waals surface area contributed by atoms with E-state index in [0.29, 0.717) is 21.7 Å². The van der Waals surface area contributed by atoms with Crippen molar-refractivity contribution in [2.24, 2.45) is 0 Å². The van der Waals surface area contributed by atoms with Crippen LogP contribution in [0.1, 0.15) is 16.7 Å². The molecule has 0 amide bonds. The molecular formula is C19H18Cl2N4S. The minimum atomic E-state index is 0.484. The molecule has 26 heavy (non-hydrogen) atoms. The second-order valence-corrected chi connectivity index (χ2v) is 7.30. The van der Waals surface area contributed by atoms with Crippen molar-refractivity contribution in [3.05, 3.63) is 75.5 Å². The summed E-state index contributed by atoms with van der Waals surface area (Å²) in [5, 5.41) is 12.4. The monoisotopic (exact) mass is 404 g/mol. The van der Waals surface area contributed by atoms with Gasteiger partial charge in [0.1, 0.15) is 0 Å². The average Bonchev–Trinajstić information content (AvgIpc) is 2.97. The predicted molar refractivity (Wildman–Crippen MR) is 114 cm³/mol. The molecule has 0 aliphatic rings. The Balaban J connectivity index is 1.65. The van der Waals surface area contributed by atoms with E-state index in [1.54, 1.807) is 10.9 Å². The normalized spacial score (nSPS) is 10.6. The van der Waals surface area contributed by atoms with E-state index >= 15 is 0 Å². The minimum absolute atomic E-state index is 0.484. The lowest BCUT2D eigenvalue weighted by Gasteiger charge is -2.10. The van der Waals surface area contributed by atoms with E-state index in [0.717, 1.165) is 16.9 Å². The van der Waals surface area contributed by atoms with Crippen LogP contribution in [-0.2, 0) is 6.54 Å². The highest BCUT2D eigenvalue weighted by molar-refractivity contribution is 7.80. The fourth-order valence-corrected chi connectivity index (χ4v) is 3.45. The fourth-order valence-electron chi connectivity index (χ4n) is 2.70. The Labute approximate surface area is 168 Å². The maximum atomic E-state index is 6.21. The van der Waals surface area contributed by atoms with Crippen LogP contribution in [-0.4, -0.2) is 14.9 Å². The standard InChI is InChI=1S/C19H18Cl2N4S/c1-12-6-13(2)8-14(7-12)23-19(26)24-15-9-22-25(10-15)11-16-17(20)4-3-5-18(16)21/h3-10H,11H2,1-2H3,(H2,23,24,26). The summed E-state index contributed by atoms with van der Waals surface area (Å²) in [5.74, 6) is 0. The highest BCUT2D eigenvalue weighted by Gasteiger charge is 2.08. The smallest absolute Gasteiger partial charge is 0.175 e. The number of nitrogens with one attached hydrogen (secondary N) is 2. The van der Waals surface area contributed by atoms with Gasteiger partial charge in [-0.15, -0.1) is 0 Å². The highest BCUT2D eigenvalue weighted by Crippen LogP contribution is 2.25. The average molecular weight is 405 g/mol. The van der Waals surface area contributed by atoms with Crippen LogP contribution in [0.3, 0.4) is 0 Å². The molecule has 0 fully saturated rings. The van der Waals surface area contributed by atoms with Gasteiger partial charge in [-0.3, -0.25) is 4.68 Å². The minimum Gasteiger partial charge on any atom is -0.332 e. The molecule has 0 radical (unpaired) electrons. The number of hydrogen-bond donors (Lipinski definition) is 2. The predicted octanol–water partition coefficient (Wildman–Crippen LogP) is 5.66. The van der Waals surface area contributed by atoms with Crippen LogP contribution in [0.15, 0.2) is 48.8 Å². The molecule has 0 atom stereocenters. The molecule has 0 saturated heterocycles. The van der Waals surface area contributed by atoms with Crippen LogP contribution < -0.4 is 10.6 Å². The number of halogens is 2. The molecule has 0 saturated carbocycles. The summed E-state index contributed by atoms with van der Waals surface area (Å²) in [6.45, 7) is 4.59. The Morgan fingerprint density at radius 2 is 1.65 bits per heavy atom. The quantitative estimate of drug-likeness (QED) is 0.550. The van der Waals surface area contributed by atoms with E-state index in [4.69, 9.17) is 35.4 Å². The third kappa shape index (κ3) is 4.75. The lowest BCUT2D eigenvalue weighted by atomic mass is 10.1. The van der Waals surface area contributed by atoms with Crippen LogP contribution in [0.4, 0.5) is 11.4 Å². The third-order valence-electron chi connectivity index (χ3n) is 3.75. The summed E-state index contributed by atoms with van der Waals surface area (Å²) in [6, 6.07) is 11.7. The van der Waals surface area contributed by atoms with E-state index in [1.807, 2.05) is 36.5 Å². The van der Waals surface area contributed by atoms with E-state index in [1.165, 1.54) is 11.1 Å². The third-order valence-corrected chi connectivity index (χ3v) is 4.66. The van der Waals surface area contributed by atoms with Crippen LogP contribution >= 0.6 is 35.4 Å². The molecule has 1 aromatic heterocycles. The molecule has 0 spiro atoms. The van der Waals surface area contributed by atoms with E-state index < -0.39 is 0 Å². The van der Waals surface area contributed by atoms with E-state index in [2.05, 4.69) is 35.6 Å². The SMILES string of the molecule is Cc1cc(C)cc(NC(=S)Nc2cnn(Cc3c(Cl)cccc3Cl)c2)c1. The Morgan fingerprint density at radius 1 is 1.04 bits per heavy atom. The van der Waals surface area contributed by atoms with Gasteiger partial charge in [0.25, 0.3) is 0 Å². The molecule has 4 nitrogen and oxygen atoms in total. The van der Waals surface area contributed by atoms with Crippen LogP contribution in [0.5, 0.6) is 0 Å². The lowest BCUT2D eigenvalue weighted by Crippen LogP contribution is -2.18. The van der Waals surface area contributed by atoms with Gasteiger partial charge in [-0.2, -0.15) is 5.10 Å². The summed E-state index contributed by atoms with van der Waals surface area (Å²) in [7, 11) is 0. The van der Waals surface area contributed by atoms with E-state index in [-0.39, 0.29) is 0 Å². The largest absolute Gasteiger partial charge is 0.332 e. The molecule has 2 N–H and O–H groups in total. The molecule has 0 unspecified atom stereocenters. The number of anilines is 2. The molecule has 0 bridgehead atoms. The Kier molecular flexibility index (Phi) is 5.81. The highest BCUT2D eigenvalue weighted by atomic mass is 35.5. The molecule has 3 aromatic rings. The van der Waals surface area contributed by atoms with Gasteiger partial charge in [0.2, 0.25) is 0 Å². The van der Waals surface area contributed by atoms with Crippen LogP contribution in [0.25, 0.3) is 0 Å². The zero-order valence-electron chi connectivity index (χ0n) is 14.4. The van der Waals surface area contributed by atoms with Crippen LogP contribution in [0.2, 0.25) is 10.0 Å². The second kappa shape index (κ2) is 8.08. The van der Waals surface area contributed by atoms with E-state index in [9.17, 15) is 0 Å². The Morgan fingerprint density at radius 3 is 2.31 bits per heavy atom.